The number of aryl methyl sites for hydroxylation is 1. The lowest BCUT2D eigenvalue weighted by Crippen LogP contribution is -2.45. The monoisotopic (exact) mass is 313 g/mol. The molecule has 1 aliphatic heterocycles. The van der Waals surface area contributed by atoms with Crippen molar-refractivity contribution in [1.29, 1.82) is 0 Å². The molecular formula is C19H27N3O. The lowest BCUT2D eigenvalue weighted by atomic mass is 10.0. The van der Waals surface area contributed by atoms with Gasteiger partial charge in [-0.05, 0) is 18.4 Å². The molecule has 4 nitrogen and oxygen atoms in total. The second kappa shape index (κ2) is 6.85. The highest BCUT2D eigenvalue weighted by atomic mass is 16.5. The molecule has 0 amide bonds. The fraction of sp³-hybridized carbons (Fsp3) is 0.526. The molecule has 2 atom stereocenters. The zero-order chi connectivity index (χ0) is 16.4. The number of hydrogen-bond donors (Lipinski definition) is 0. The molecule has 1 aromatic heterocycles. The number of rotatable bonds is 4. The minimum absolute atomic E-state index is 0.148. The summed E-state index contributed by atoms with van der Waals surface area (Å²) >= 11 is 0. The molecule has 1 aromatic carbocycles. The first-order valence-electron chi connectivity index (χ1n) is 8.45. The van der Waals surface area contributed by atoms with Crippen LogP contribution in [-0.4, -0.2) is 33.9 Å². The SMILES string of the molecule is Cc1c(CN2C[C@@H](c3ccccc3)O[C@@H](C(C)C)C2)cnn1C. The summed E-state index contributed by atoms with van der Waals surface area (Å²) in [5.74, 6) is 0.513. The van der Waals surface area contributed by atoms with Gasteiger partial charge in [0.2, 0.25) is 0 Å². The number of ether oxygens (including phenoxy) is 1. The van der Waals surface area contributed by atoms with Gasteiger partial charge < -0.3 is 4.74 Å². The summed E-state index contributed by atoms with van der Waals surface area (Å²) in [6.45, 7) is 9.47. The van der Waals surface area contributed by atoms with Crippen LogP contribution in [0.4, 0.5) is 0 Å². The predicted octanol–water partition coefficient (Wildman–Crippen LogP) is 3.33. The lowest BCUT2D eigenvalue weighted by molar-refractivity contribution is -0.107. The smallest absolute Gasteiger partial charge is 0.0956 e. The molecule has 0 N–H and O–H groups in total. The minimum Gasteiger partial charge on any atom is -0.367 e. The zero-order valence-electron chi connectivity index (χ0n) is 14.6. The van der Waals surface area contributed by atoms with Gasteiger partial charge in [-0.2, -0.15) is 5.10 Å². The molecule has 0 unspecified atom stereocenters. The van der Waals surface area contributed by atoms with Crippen LogP contribution in [0, 0.1) is 12.8 Å². The molecule has 124 valence electrons. The number of nitrogens with zero attached hydrogens (tertiary/aromatic N) is 3. The molecule has 0 spiro atoms. The maximum Gasteiger partial charge on any atom is 0.0956 e. The summed E-state index contributed by atoms with van der Waals surface area (Å²) in [5, 5.41) is 4.37. The fourth-order valence-electron chi connectivity index (χ4n) is 3.15. The average molecular weight is 313 g/mol. The van der Waals surface area contributed by atoms with Crippen LogP contribution in [0.3, 0.4) is 0 Å². The maximum atomic E-state index is 6.37. The van der Waals surface area contributed by atoms with Crippen LogP contribution < -0.4 is 0 Å². The van der Waals surface area contributed by atoms with Crippen molar-refractivity contribution in [3.63, 3.8) is 0 Å². The van der Waals surface area contributed by atoms with Gasteiger partial charge in [0.15, 0.2) is 0 Å². The van der Waals surface area contributed by atoms with E-state index in [1.54, 1.807) is 0 Å². The van der Waals surface area contributed by atoms with Gasteiger partial charge in [-0.15, -0.1) is 0 Å². The van der Waals surface area contributed by atoms with E-state index < -0.39 is 0 Å². The Morgan fingerprint density at radius 3 is 2.57 bits per heavy atom. The first-order chi connectivity index (χ1) is 11.0. The summed E-state index contributed by atoms with van der Waals surface area (Å²) in [6, 6.07) is 10.6. The van der Waals surface area contributed by atoms with Crippen molar-refractivity contribution in [2.45, 2.75) is 39.5 Å². The Labute approximate surface area is 139 Å². The van der Waals surface area contributed by atoms with Gasteiger partial charge in [0.05, 0.1) is 18.4 Å². The normalized spacial score (nSPS) is 22.7. The standard InChI is InChI=1S/C19H27N3O/c1-14(2)18-12-22(11-17-10-20-21(4)15(17)3)13-19(23-18)16-8-6-5-7-9-16/h5-10,14,18-19H,11-13H2,1-4H3/t18-,19+/m1/s1. The predicted molar refractivity (Wildman–Crippen MR) is 92.1 cm³/mol. The summed E-state index contributed by atoms with van der Waals surface area (Å²) in [5.41, 5.74) is 3.82. The highest BCUT2D eigenvalue weighted by Gasteiger charge is 2.30. The highest BCUT2D eigenvalue weighted by molar-refractivity contribution is 5.19. The molecule has 0 bridgehead atoms. The molecular weight excluding hydrogens is 286 g/mol. The van der Waals surface area contributed by atoms with E-state index in [0.29, 0.717) is 5.92 Å². The third kappa shape index (κ3) is 3.65. The minimum atomic E-state index is 0.148. The van der Waals surface area contributed by atoms with Gasteiger partial charge in [0.1, 0.15) is 0 Å². The topological polar surface area (TPSA) is 30.3 Å². The molecule has 3 rings (SSSR count). The molecule has 0 saturated carbocycles. The van der Waals surface area contributed by atoms with Crippen LogP contribution in [0.2, 0.25) is 0 Å². The van der Waals surface area contributed by atoms with E-state index in [1.165, 1.54) is 16.8 Å². The van der Waals surface area contributed by atoms with E-state index in [1.807, 2.05) is 17.9 Å². The van der Waals surface area contributed by atoms with Crippen LogP contribution in [0.1, 0.15) is 36.8 Å². The maximum absolute atomic E-state index is 6.37. The Kier molecular flexibility index (Phi) is 4.83. The van der Waals surface area contributed by atoms with Crippen molar-refractivity contribution >= 4 is 0 Å². The summed E-state index contributed by atoms with van der Waals surface area (Å²) in [7, 11) is 2.00. The molecule has 2 aromatic rings. The van der Waals surface area contributed by atoms with E-state index in [0.717, 1.165) is 19.6 Å². The summed E-state index contributed by atoms with van der Waals surface area (Å²) in [4.78, 5) is 2.51. The number of aromatic nitrogens is 2. The fourth-order valence-corrected chi connectivity index (χ4v) is 3.15. The van der Waals surface area contributed by atoms with Crippen LogP contribution in [0.25, 0.3) is 0 Å². The van der Waals surface area contributed by atoms with Gasteiger partial charge >= 0.3 is 0 Å². The number of benzene rings is 1. The van der Waals surface area contributed by atoms with Gasteiger partial charge in [0.25, 0.3) is 0 Å². The second-order valence-corrected chi connectivity index (χ2v) is 6.89. The summed E-state index contributed by atoms with van der Waals surface area (Å²) in [6.07, 6.45) is 2.41. The highest BCUT2D eigenvalue weighted by Crippen LogP contribution is 2.29. The Hall–Kier alpha value is -1.65. The second-order valence-electron chi connectivity index (χ2n) is 6.89. The molecule has 4 heteroatoms. The van der Waals surface area contributed by atoms with E-state index >= 15 is 0 Å². The zero-order valence-corrected chi connectivity index (χ0v) is 14.6. The first kappa shape index (κ1) is 16.2. The van der Waals surface area contributed by atoms with Crippen LogP contribution in [-0.2, 0) is 18.3 Å². The molecule has 0 radical (unpaired) electrons. The molecule has 1 fully saturated rings. The molecule has 0 aliphatic carbocycles. The molecule has 23 heavy (non-hydrogen) atoms. The Morgan fingerprint density at radius 1 is 1.22 bits per heavy atom. The first-order valence-corrected chi connectivity index (χ1v) is 8.45. The number of morpholine rings is 1. The van der Waals surface area contributed by atoms with Crippen LogP contribution in [0.15, 0.2) is 36.5 Å². The van der Waals surface area contributed by atoms with Crippen LogP contribution in [0.5, 0.6) is 0 Å². The third-order valence-electron chi connectivity index (χ3n) is 4.85. The van der Waals surface area contributed by atoms with Crippen molar-refractivity contribution in [2.24, 2.45) is 13.0 Å². The van der Waals surface area contributed by atoms with E-state index in [-0.39, 0.29) is 12.2 Å². The van der Waals surface area contributed by atoms with Crippen LogP contribution >= 0.6 is 0 Å². The Balaban J connectivity index is 1.78. The van der Waals surface area contributed by atoms with Gasteiger partial charge in [-0.25, -0.2) is 0 Å². The average Bonchev–Trinajstić information content (AvgIpc) is 2.87. The van der Waals surface area contributed by atoms with E-state index in [4.69, 9.17) is 4.74 Å². The van der Waals surface area contributed by atoms with Crippen molar-refractivity contribution in [3.05, 3.63) is 53.3 Å². The van der Waals surface area contributed by atoms with Gasteiger partial charge in [-0.1, -0.05) is 44.2 Å². The number of hydrogen-bond acceptors (Lipinski definition) is 3. The quantitative estimate of drug-likeness (QED) is 0.867. The Morgan fingerprint density at radius 2 is 1.96 bits per heavy atom. The van der Waals surface area contributed by atoms with Crippen molar-refractivity contribution in [2.75, 3.05) is 13.1 Å². The molecule has 2 heterocycles. The van der Waals surface area contributed by atoms with Crippen molar-refractivity contribution < 1.29 is 4.74 Å². The lowest BCUT2D eigenvalue weighted by Gasteiger charge is -2.40. The van der Waals surface area contributed by atoms with Gasteiger partial charge in [-0.3, -0.25) is 9.58 Å². The van der Waals surface area contributed by atoms with Crippen molar-refractivity contribution in [3.8, 4) is 0 Å². The van der Waals surface area contributed by atoms with E-state index in [9.17, 15) is 0 Å². The molecule has 1 aliphatic rings. The van der Waals surface area contributed by atoms with Crippen molar-refractivity contribution in [1.82, 2.24) is 14.7 Å². The Bertz CT molecular complexity index is 635. The largest absolute Gasteiger partial charge is 0.367 e. The summed E-state index contributed by atoms with van der Waals surface area (Å²) < 4.78 is 8.32. The van der Waals surface area contributed by atoms with E-state index in [2.05, 4.69) is 61.1 Å². The molecule has 1 saturated heterocycles. The third-order valence-corrected chi connectivity index (χ3v) is 4.85. The van der Waals surface area contributed by atoms with Gasteiger partial charge in [0, 0.05) is 37.9 Å².